The first-order chi connectivity index (χ1) is 34.3. The predicted molar refractivity (Wildman–Crippen MR) is 256 cm³/mol. The zero-order valence-electron chi connectivity index (χ0n) is 38.2. The Kier molecular flexibility index (Phi) is 16.6. The highest BCUT2D eigenvalue weighted by molar-refractivity contribution is 7.92. The van der Waals surface area contributed by atoms with E-state index in [0.29, 0.717) is 39.5 Å². The summed E-state index contributed by atoms with van der Waals surface area (Å²) in [6.45, 7) is 2.13. The smallest absolute Gasteiger partial charge is 0.293 e. The summed E-state index contributed by atoms with van der Waals surface area (Å²) in [4.78, 5) is 109. The van der Waals surface area contributed by atoms with Crippen LogP contribution in [0.15, 0.2) is 101 Å². The number of hydrogen-bond donors (Lipinski definition) is 5. The number of amides is 6. The zero-order chi connectivity index (χ0) is 51.9. The molecule has 1 aliphatic carbocycles. The van der Waals surface area contributed by atoms with Gasteiger partial charge in [0.2, 0.25) is 29.2 Å². The SMILES string of the molecule is CC[C@@H](C)[C@H](NC(=O)c1cccc2c1C(=O)c1ccccc1-2)C(=O)N1C[C@H](OCc2ccccc2)C[C@H]1C(=O)N[C@@H](CC(F)F)C(=O)C(=O)NCC(=O)NS(=O)(=O)c1nnc(NC(=O)c2ccc(Cl)cc2)s1. The number of carbonyl (C=O) groups is 8. The lowest BCUT2D eigenvalue weighted by atomic mass is 9.95. The van der Waals surface area contributed by atoms with Crippen molar-refractivity contribution in [1.82, 2.24) is 35.8 Å². The van der Waals surface area contributed by atoms with Crippen LogP contribution in [0, 0.1) is 5.92 Å². The summed E-state index contributed by atoms with van der Waals surface area (Å²) in [7, 11) is -4.75. The van der Waals surface area contributed by atoms with E-state index in [1.54, 1.807) is 85.3 Å². The Hall–Kier alpha value is -7.34. The molecule has 72 heavy (non-hydrogen) atoms. The standard InChI is InChI=1S/C48H45ClF2N8O11S2/c1-3-25(2)39(54-43(64)33-15-9-14-31-30-12-7-8-13-32(30)40(61)38(31)33)46(67)59-23-29(70-24-26-10-5-4-6-11-26)20-35(59)44(65)53-34(21-36(50)51)41(62)45(66)52-22-37(60)58-72(68,69)48-57-56-47(71-48)55-42(63)27-16-18-28(49)19-17-27/h4-19,25,29,34-36,39H,3,20-24H2,1-2H3,(H,52,66)(H,53,65)(H,54,64)(H,58,60)(H,55,56,63)/t25-,29-,34+,35+,39+/m1/s1. The van der Waals surface area contributed by atoms with Gasteiger partial charge in [-0.15, -0.1) is 10.2 Å². The highest BCUT2D eigenvalue weighted by atomic mass is 35.5. The quantitative estimate of drug-likeness (QED) is 0.0528. The fourth-order valence-corrected chi connectivity index (χ4v) is 10.00. The van der Waals surface area contributed by atoms with E-state index >= 15 is 0 Å². The number of carbonyl (C=O) groups excluding carboxylic acids is 8. The molecule has 0 bridgehead atoms. The number of ether oxygens (including phenoxy) is 1. The second-order valence-corrected chi connectivity index (χ2v) is 20.0. The van der Waals surface area contributed by atoms with E-state index in [0.717, 1.165) is 10.5 Å². The molecule has 5 atom stereocenters. The maximum absolute atomic E-state index is 14.7. The van der Waals surface area contributed by atoms with Crippen LogP contribution in [0.25, 0.3) is 11.1 Å². The van der Waals surface area contributed by atoms with Crippen LogP contribution < -0.4 is 26.0 Å². The van der Waals surface area contributed by atoms with Crippen molar-refractivity contribution in [1.29, 1.82) is 0 Å². The fourth-order valence-electron chi connectivity index (χ4n) is 7.99. The first-order valence-electron chi connectivity index (χ1n) is 22.3. The topological polar surface area (TPSA) is 269 Å². The minimum Gasteiger partial charge on any atom is -0.372 e. The Morgan fingerprint density at radius 2 is 1.54 bits per heavy atom. The second-order valence-electron chi connectivity index (χ2n) is 16.7. The van der Waals surface area contributed by atoms with Crippen molar-refractivity contribution in [2.45, 2.75) is 74.7 Å². The molecule has 1 aromatic heterocycles. The van der Waals surface area contributed by atoms with Gasteiger partial charge in [0.1, 0.15) is 18.1 Å². The van der Waals surface area contributed by atoms with Crippen LogP contribution in [0.2, 0.25) is 5.02 Å². The predicted octanol–water partition coefficient (Wildman–Crippen LogP) is 4.32. The van der Waals surface area contributed by atoms with E-state index < -0.39 is 105 Å². The van der Waals surface area contributed by atoms with Gasteiger partial charge in [-0.3, -0.25) is 43.7 Å². The highest BCUT2D eigenvalue weighted by Gasteiger charge is 2.45. The van der Waals surface area contributed by atoms with Crippen molar-refractivity contribution < 1.29 is 60.3 Å². The van der Waals surface area contributed by atoms with E-state index in [1.807, 2.05) is 5.32 Å². The van der Waals surface area contributed by atoms with Crippen LogP contribution in [0.3, 0.4) is 0 Å². The largest absolute Gasteiger partial charge is 0.372 e. The van der Waals surface area contributed by atoms with Crippen molar-refractivity contribution in [2.24, 2.45) is 5.92 Å². The summed E-state index contributed by atoms with van der Waals surface area (Å²) in [5, 5.41) is 16.3. The molecule has 4 aromatic carbocycles. The number of hydrogen-bond acceptors (Lipinski definition) is 14. The number of nitrogens with zero attached hydrogens (tertiary/aromatic N) is 3. The molecule has 376 valence electrons. The highest BCUT2D eigenvalue weighted by Crippen LogP contribution is 2.38. The number of likely N-dealkylation sites (tertiary alicyclic amines) is 1. The molecule has 5 aromatic rings. The lowest BCUT2D eigenvalue weighted by Crippen LogP contribution is -2.58. The molecule has 7 rings (SSSR count). The molecule has 0 unspecified atom stereocenters. The zero-order valence-corrected chi connectivity index (χ0v) is 40.6. The first kappa shape index (κ1) is 52.5. The third-order valence-corrected chi connectivity index (χ3v) is 14.7. The van der Waals surface area contributed by atoms with E-state index in [2.05, 4.69) is 26.1 Å². The van der Waals surface area contributed by atoms with Crippen LogP contribution in [-0.2, 0) is 45.3 Å². The minimum atomic E-state index is -4.75. The molecule has 1 saturated heterocycles. The number of rotatable bonds is 20. The normalized spacial score (nSPS) is 16.2. The van der Waals surface area contributed by atoms with Crippen molar-refractivity contribution in [2.75, 3.05) is 18.4 Å². The van der Waals surface area contributed by atoms with Crippen LogP contribution >= 0.6 is 22.9 Å². The third-order valence-electron chi connectivity index (χ3n) is 11.8. The summed E-state index contributed by atoms with van der Waals surface area (Å²) >= 11 is 6.21. The van der Waals surface area contributed by atoms with Gasteiger partial charge in [0, 0.05) is 41.1 Å². The van der Waals surface area contributed by atoms with Crippen LogP contribution in [-0.4, -0.2) is 114 Å². The number of sulfonamides is 1. The molecule has 0 spiro atoms. The Morgan fingerprint density at radius 3 is 2.24 bits per heavy atom. The van der Waals surface area contributed by atoms with Gasteiger partial charge in [0.25, 0.3) is 38.0 Å². The average Bonchev–Trinajstić information content (AvgIpc) is 4.10. The number of benzene rings is 4. The van der Waals surface area contributed by atoms with Crippen molar-refractivity contribution in [3.63, 3.8) is 0 Å². The van der Waals surface area contributed by atoms with Gasteiger partial charge in [-0.2, -0.15) is 8.42 Å². The lowest BCUT2D eigenvalue weighted by molar-refractivity contribution is -0.143. The second kappa shape index (κ2) is 22.8. The number of halogens is 3. The van der Waals surface area contributed by atoms with Gasteiger partial charge in [0.05, 0.1) is 24.8 Å². The summed E-state index contributed by atoms with van der Waals surface area (Å²) in [5.74, 6) is -8.90. The van der Waals surface area contributed by atoms with Gasteiger partial charge < -0.3 is 25.6 Å². The van der Waals surface area contributed by atoms with Crippen molar-refractivity contribution >= 4 is 85.1 Å². The number of aromatic nitrogens is 2. The van der Waals surface area contributed by atoms with E-state index in [-0.39, 0.29) is 47.2 Å². The van der Waals surface area contributed by atoms with Crippen LogP contribution in [0.1, 0.15) is 75.3 Å². The summed E-state index contributed by atoms with van der Waals surface area (Å²) in [6.07, 6.45) is -5.32. The molecule has 6 amide bonds. The molecule has 0 radical (unpaired) electrons. The maximum atomic E-state index is 14.7. The third kappa shape index (κ3) is 12.2. The molecule has 1 fully saturated rings. The molecule has 1 aliphatic heterocycles. The summed E-state index contributed by atoms with van der Waals surface area (Å²) in [6, 6.07) is 21.3. The molecular weight excluding hydrogens is 1000 g/mol. The molecule has 0 saturated carbocycles. The number of anilines is 1. The number of fused-ring (bicyclic) bond motifs is 3. The number of Topliss-reactive ketones (excluding diaryl/α,β-unsaturated/α-hetero) is 1. The molecule has 2 aliphatic rings. The number of nitrogens with one attached hydrogen (secondary N) is 5. The fraction of sp³-hybridized carbons (Fsp3) is 0.292. The maximum Gasteiger partial charge on any atom is 0.293 e. The van der Waals surface area contributed by atoms with Gasteiger partial charge in [-0.1, -0.05) is 110 Å². The molecule has 2 heterocycles. The Morgan fingerprint density at radius 1 is 0.861 bits per heavy atom. The Labute approximate surface area is 419 Å². The lowest BCUT2D eigenvalue weighted by Gasteiger charge is -2.32. The first-order valence-corrected chi connectivity index (χ1v) is 24.9. The Bertz CT molecular complexity index is 3040. The van der Waals surface area contributed by atoms with Gasteiger partial charge in [-0.25, -0.2) is 13.5 Å². The van der Waals surface area contributed by atoms with Crippen molar-refractivity contribution in [3.8, 4) is 11.1 Å². The number of ketones is 2. The van der Waals surface area contributed by atoms with Crippen LogP contribution in [0.4, 0.5) is 13.9 Å². The van der Waals surface area contributed by atoms with E-state index in [1.165, 1.54) is 30.3 Å². The molecule has 19 nitrogen and oxygen atoms in total. The monoisotopic (exact) mass is 1050 g/mol. The average molecular weight is 1050 g/mol. The van der Waals surface area contributed by atoms with Crippen LogP contribution in [0.5, 0.6) is 0 Å². The summed E-state index contributed by atoms with van der Waals surface area (Å²) < 4.78 is 60.8. The minimum absolute atomic E-state index is 0.0177. The van der Waals surface area contributed by atoms with E-state index in [4.69, 9.17) is 16.3 Å². The Balaban J connectivity index is 1.03. The van der Waals surface area contributed by atoms with Gasteiger partial charge in [-0.05, 0) is 52.9 Å². The van der Waals surface area contributed by atoms with Crippen molar-refractivity contribution in [3.05, 3.63) is 130 Å². The molecule has 24 heteroatoms. The van der Waals surface area contributed by atoms with Gasteiger partial charge >= 0.3 is 0 Å². The molecule has 5 N–H and O–H groups in total. The summed E-state index contributed by atoms with van der Waals surface area (Å²) in [5.41, 5.74) is 2.69. The van der Waals surface area contributed by atoms with E-state index in [9.17, 15) is 55.6 Å². The number of alkyl halides is 2. The molecular formula is C48H45ClF2N8O11S2. The van der Waals surface area contributed by atoms with Gasteiger partial charge in [0.15, 0.2) is 5.78 Å².